The SMILES string of the molecule is CCC(C)COCOc1ccc(-c2ncc(C)cn2)cc1. The summed E-state index contributed by atoms with van der Waals surface area (Å²) < 4.78 is 11.0. The Morgan fingerprint density at radius 1 is 1.10 bits per heavy atom. The molecule has 4 nitrogen and oxygen atoms in total. The molecule has 0 spiro atoms. The van der Waals surface area contributed by atoms with Crippen LogP contribution in [0.4, 0.5) is 0 Å². The van der Waals surface area contributed by atoms with E-state index in [1.807, 2.05) is 43.6 Å². The first-order valence-corrected chi connectivity index (χ1v) is 7.28. The van der Waals surface area contributed by atoms with E-state index >= 15 is 0 Å². The van der Waals surface area contributed by atoms with Crippen LogP contribution in [-0.2, 0) is 4.74 Å². The zero-order valence-corrected chi connectivity index (χ0v) is 12.9. The second-order valence-corrected chi connectivity index (χ2v) is 5.25. The number of ether oxygens (including phenoxy) is 2. The highest BCUT2D eigenvalue weighted by atomic mass is 16.7. The minimum absolute atomic E-state index is 0.282. The molecule has 0 saturated heterocycles. The van der Waals surface area contributed by atoms with Crippen molar-refractivity contribution in [2.24, 2.45) is 5.92 Å². The molecule has 1 aromatic heterocycles. The third-order valence-electron chi connectivity index (χ3n) is 3.30. The molecule has 0 N–H and O–H groups in total. The van der Waals surface area contributed by atoms with Gasteiger partial charge in [-0.1, -0.05) is 20.3 Å². The van der Waals surface area contributed by atoms with E-state index in [-0.39, 0.29) is 6.79 Å². The Morgan fingerprint density at radius 3 is 2.38 bits per heavy atom. The van der Waals surface area contributed by atoms with E-state index in [2.05, 4.69) is 23.8 Å². The molecule has 1 atom stereocenters. The lowest BCUT2D eigenvalue weighted by Gasteiger charge is -2.11. The fourth-order valence-electron chi connectivity index (χ4n) is 1.72. The van der Waals surface area contributed by atoms with Crippen LogP contribution in [0.1, 0.15) is 25.8 Å². The summed E-state index contributed by atoms with van der Waals surface area (Å²) in [6.45, 7) is 7.30. The third-order valence-corrected chi connectivity index (χ3v) is 3.30. The highest BCUT2D eigenvalue weighted by molar-refractivity contribution is 5.55. The molecule has 0 aliphatic carbocycles. The van der Waals surface area contributed by atoms with Gasteiger partial charge in [0, 0.05) is 18.0 Å². The lowest BCUT2D eigenvalue weighted by atomic mass is 10.1. The van der Waals surface area contributed by atoms with E-state index in [0.717, 1.165) is 35.7 Å². The van der Waals surface area contributed by atoms with Crippen LogP contribution in [0.25, 0.3) is 11.4 Å². The topological polar surface area (TPSA) is 44.2 Å². The van der Waals surface area contributed by atoms with Crippen LogP contribution < -0.4 is 4.74 Å². The zero-order valence-electron chi connectivity index (χ0n) is 12.9. The molecule has 4 heteroatoms. The fourth-order valence-corrected chi connectivity index (χ4v) is 1.72. The van der Waals surface area contributed by atoms with E-state index in [4.69, 9.17) is 9.47 Å². The van der Waals surface area contributed by atoms with Gasteiger partial charge in [0.05, 0.1) is 6.61 Å². The van der Waals surface area contributed by atoms with Gasteiger partial charge >= 0.3 is 0 Å². The van der Waals surface area contributed by atoms with Crippen LogP contribution in [0.5, 0.6) is 5.75 Å². The molecular formula is C17H22N2O2. The van der Waals surface area contributed by atoms with Crippen LogP contribution >= 0.6 is 0 Å². The molecule has 1 unspecified atom stereocenters. The summed E-state index contributed by atoms with van der Waals surface area (Å²) in [5.74, 6) is 2.07. The minimum Gasteiger partial charge on any atom is -0.468 e. The van der Waals surface area contributed by atoms with Crippen molar-refractivity contribution < 1.29 is 9.47 Å². The first-order chi connectivity index (χ1) is 10.2. The molecule has 112 valence electrons. The van der Waals surface area contributed by atoms with Crippen molar-refractivity contribution in [2.45, 2.75) is 27.2 Å². The van der Waals surface area contributed by atoms with Gasteiger partial charge in [-0.25, -0.2) is 9.97 Å². The first-order valence-electron chi connectivity index (χ1n) is 7.28. The van der Waals surface area contributed by atoms with Crippen LogP contribution in [0.2, 0.25) is 0 Å². The highest BCUT2D eigenvalue weighted by Crippen LogP contribution is 2.19. The second kappa shape index (κ2) is 7.74. The average Bonchev–Trinajstić information content (AvgIpc) is 2.52. The molecular weight excluding hydrogens is 264 g/mol. The molecule has 1 aromatic carbocycles. The van der Waals surface area contributed by atoms with Crippen molar-refractivity contribution in [1.29, 1.82) is 0 Å². The van der Waals surface area contributed by atoms with Gasteiger partial charge in [-0.15, -0.1) is 0 Å². The third kappa shape index (κ3) is 4.83. The molecule has 0 aliphatic heterocycles. The lowest BCUT2D eigenvalue weighted by Crippen LogP contribution is -2.09. The molecule has 21 heavy (non-hydrogen) atoms. The monoisotopic (exact) mass is 286 g/mol. The van der Waals surface area contributed by atoms with Crippen LogP contribution in [0.3, 0.4) is 0 Å². The van der Waals surface area contributed by atoms with Crippen LogP contribution in [0, 0.1) is 12.8 Å². The van der Waals surface area contributed by atoms with Gasteiger partial charge in [0.25, 0.3) is 0 Å². The Labute approximate surface area is 126 Å². The van der Waals surface area contributed by atoms with Crippen LogP contribution in [0.15, 0.2) is 36.7 Å². The molecule has 0 aliphatic rings. The van der Waals surface area contributed by atoms with Crippen LogP contribution in [-0.4, -0.2) is 23.4 Å². The van der Waals surface area contributed by atoms with Gasteiger partial charge in [0.2, 0.25) is 0 Å². The predicted octanol–water partition coefficient (Wildman–Crippen LogP) is 3.85. The molecule has 2 rings (SSSR count). The number of nitrogens with zero attached hydrogens (tertiary/aromatic N) is 2. The summed E-state index contributed by atoms with van der Waals surface area (Å²) in [6, 6.07) is 7.72. The number of hydrogen-bond acceptors (Lipinski definition) is 4. The Morgan fingerprint density at radius 2 is 1.76 bits per heavy atom. The first kappa shape index (κ1) is 15.4. The van der Waals surface area contributed by atoms with Gasteiger partial charge in [-0.3, -0.25) is 0 Å². The number of aryl methyl sites for hydroxylation is 1. The summed E-state index contributed by atoms with van der Waals surface area (Å²) in [4.78, 5) is 8.61. The number of hydrogen-bond donors (Lipinski definition) is 0. The number of rotatable bonds is 7. The second-order valence-electron chi connectivity index (χ2n) is 5.25. The van der Waals surface area contributed by atoms with E-state index in [0.29, 0.717) is 5.92 Å². The van der Waals surface area contributed by atoms with E-state index in [9.17, 15) is 0 Å². The van der Waals surface area contributed by atoms with Crippen molar-refractivity contribution in [1.82, 2.24) is 9.97 Å². The number of benzene rings is 1. The Hall–Kier alpha value is -1.94. The molecule has 0 fully saturated rings. The van der Waals surface area contributed by atoms with Crippen molar-refractivity contribution in [3.63, 3.8) is 0 Å². The van der Waals surface area contributed by atoms with E-state index < -0.39 is 0 Å². The molecule has 0 bridgehead atoms. The lowest BCUT2D eigenvalue weighted by molar-refractivity contribution is -0.000190. The zero-order chi connectivity index (χ0) is 15.1. The molecule has 1 heterocycles. The Balaban J connectivity index is 1.86. The highest BCUT2D eigenvalue weighted by Gasteiger charge is 2.02. The molecule has 0 saturated carbocycles. The minimum atomic E-state index is 0.282. The Kier molecular flexibility index (Phi) is 5.69. The number of aromatic nitrogens is 2. The summed E-state index contributed by atoms with van der Waals surface area (Å²) in [5, 5.41) is 0. The average molecular weight is 286 g/mol. The fraction of sp³-hybridized carbons (Fsp3) is 0.412. The molecule has 0 amide bonds. The van der Waals surface area contributed by atoms with Crippen molar-refractivity contribution in [2.75, 3.05) is 13.4 Å². The maximum absolute atomic E-state index is 5.55. The maximum atomic E-state index is 5.55. The summed E-state index contributed by atoms with van der Waals surface area (Å²) >= 11 is 0. The maximum Gasteiger partial charge on any atom is 0.189 e. The van der Waals surface area contributed by atoms with Gasteiger partial charge in [-0.05, 0) is 42.7 Å². The van der Waals surface area contributed by atoms with Crippen molar-refractivity contribution >= 4 is 0 Å². The summed E-state index contributed by atoms with van der Waals surface area (Å²) in [7, 11) is 0. The predicted molar refractivity (Wildman–Crippen MR) is 83.1 cm³/mol. The van der Waals surface area contributed by atoms with E-state index in [1.54, 1.807) is 0 Å². The quantitative estimate of drug-likeness (QED) is 0.573. The van der Waals surface area contributed by atoms with E-state index in [1.165, 1.54) is 0 Å². The standard InChI is InChI=1S/C17H22N2O2/c1-4-13(2)11-20-12-21-16-7-5-15(6-8-16)17-18-9-14(3)10-19-17/h5-10,13H,4,11-12H2,1-3H3. The normalized spacial score (nSPS) is 12.1. The van der Waals surface area contributed by atoms with Gasteiger partial charge < -0.3 is 9.47 Å². The van der Waals surface area contributed by atoms with Gasteiger partial charge in [-0.2, -0.15) is 0 Å². The summed E-state index contributed by atoms with van der Waals surface area (Å²) in [5.41, 5.74) is 2.03. The van der Waals surface area contributed by atoms with Gasteiger partial charge in [0.15, 0.2) is 12.6 Å². The van der Waals surface area contributed by atoms with Crippen molar-refractivity contribution in [3.8, 4) is 17.1 Å². The largest absolute Gasteiger partial charge is 0.468 e. The summed E-state index contributed by atoms with van der Waals surface area (Å²) in [6.07, 6.45) is 4.75. The van der Waals surface area contributed by atoms with Crippen molar-refractivity contribution in [3.05, 3.63) is 42.2 Å². The smallest absolute Gasteiger partial charge is 0.189 e. The van der Waals surface area contributed by atoms with Gasteiger partial charge in [0.1, 0.15) is 5.75 Å². The molecule has 2 aromatic rings. The Bertz CT molecular complexity index is 538. The molecule has 0 radical (unpaired) electrons.